The molecule has 1 fully saturated rings. The van der Waals surface area contributed by atoms with E-state index in [4.69, 9.17) is 0 Å². The molecule has 1 atom stereocenters. The standard InChI is InChI=1S/C16H26N2/c1-3-17-13-16(15-7-5-4-6-8-15)18-11-9-14(2)10-12-18/h4-8,14,16-17H,3,9-13H2,1-2H3. The van der Waals surface area contributed by atoms with Crippen LogP contribution in [0.2, 0.25) is 0 Å². The Kier molecular flexibility index (Phi) is 5.21. The molecule has 2 heteroatoms. The summed E-state index contributed by atoms with van der Waals surface area (Å²) in [5.41, 5.74) is 1.45. The fraction of sp³-hybridized carbons (Fsp3) is 0.625. The SMILES string of the molecule is CCNCC(c1ccccc1)N1CCC(C)CC1. The smallest absolute Gasteiger partial charge is 0.0472 e. The van der Waals surface area contributed by atoms with Crippen molar-refractivity contribution in [1.29, 1.82) is 0 Å². The van der Waals surface area contributed by atoms with Gasteiger partial charge in [0.05, 0.1) is 0 Å². The molecule has 1 aromatic carbocycles. The van der Waals surface area contributed by atoms with Crippen LogP contribution in [0.1, 0.15) is 38.3 Å². The first-order chi connectivity index (χ1) is 8.81. The number of rotatable bonds is 5. The molecule has 1 aromatic rings. The third-order valence-corrected chi connectivity index (χ3v) is 4.03. The average molecular weight is 246 g/mol. The molecule has 2 nitrogen and oxygen atoms in total. The predicted molar refractivity (Wildman–Crippen MR) is 77.7 cm³/mol. The molecule has 1 N–H and O–H groups in total. The number of nitrogens with one attached hydrogen (secondary N) is 1. The van der Waals surface area contributed by atoms with Gasteiger partial charge in [0.15, 0.2) is 0 Å². The van der Waals surface area contributed by atoms with Crippen LogP contribution in [0.25, 0.3) is 0 Å². The van der Waals surface area contributed by atoms with Crippen molar-refractivity contribution in [3.8, 4) is 0 Å². The zero-order valence-electron chi connectivity index (χ0n) is 11.7. The van der Waals surface area contributed by atoms with Crippen molar-refractivity contribution in [2.24, 2.45) is 5.92 Å². The summed E-state index contributed by atoms with van der Waals surface area (Å²) in [6.45, 7) is 9.15. The minimum absolute atomic E-state index is 0.540. The van der Waals surface area contributed by atoms with Crippen molar-refractivity contribution in [2.45, 2.75) is 32.7 Å². The molecule has 1 unspecified atom stereocenters. The summed E-state index contributed by atoms with van der Waals surface area (Å²) in [5, 5.41) is 3.51. The van der Waals surface area contributed by atoms with E-state index in [9.17, 15) is 0 Å². The second-order valence-corrected chi connectivity index (χ2v) is 5.45. The quantitative estimate of drug-likeness (QED) is 0.859. The number of benzene rings is 1. The molecule has 2 rings (SSSR count). The lowest BCUT2D eigenvalue weighted by Gasteiger charge is -2.37. The van der Waals surface area contributed by atoms with Gasteiger partial charge in [-0.3, -0.25) is 4.90 Å². The Balaban J connectivity index is 2.05. The Morgan fingerprint density at radius 2 is 1.89 bits per heavy atom. The van der Waals surface area contributed by atoms with E-state index in [1.54, 1.807) is 0 Å². The van der Waals surface area contributed by atoms with E-state index >= 15 is 0 Å². The van der Waals surface area contributed by atoms with Crippen molar-refractivity contribution < 1.29 is 0 Å². The van der Waals surface area contributed by atoms with Crippen LogP contribution >= 0.6 is 0 Å². The van der Waals surface area contributed by atoms with Gasteiger partial charge in [-0.05, 0) is 44.0 Å². The van der Waals surface area contributed by atoms with Crippen molar-refractivity contribution >= 4 is 0 Å². The number of likely N-dealkylation sites (tertiary alicyclic amines) is 1. The number of hydrogen-bond donors (Lipinski definition) is 1. The molecule has 1 saturated heterocycles. The maximum Gasteiger partial charge on any atom is 0.0472 e. The summed E-state index contributed by atoms with van der Waals surface area (Å²) < 4.78 is 0. The fourth-order valence-corrected chi connectivity index (χ4v) is 2.75. The normalized spacial score (nSPS) is 19.9. The van der Waals surface area contributed by atoms with Crippen molar-refractivity contribution in [3.05, 3.63) is 35.9 Å². The van der Waals surface area contributed by atoms with E-state index in [0.29, 0.717) is 6.04 Å². The number of hydrogen-bond acceptors (Lipinski definition) is 2. The molecular weight excluding hydrogens is 220 g/mol. The minimum atomic E-state index is 0.540. The lowest BCUT2D eigenvalue weighted by molar-refractivity contribution is 0.136. The maximum absolute atomic E-state index is 3.51. The fourth-order valence-electron chi connectivity index (χ4n) is 2.75. The Morgan fingerprint density at radius 3 is 2.50 bits per heavy atom. The molecule has 0 bridgehead atoms. The van der Waals surface area contributed by atoms with Gasteiger partial charge in [0.25, 0.3) is 0 Å². The zero-order valence-corrected chi connectivity index (χ0v) is 11.7. The molecule has 0 aromatic heterocycles. The lowest BCUT2D eigenvalue weighted by Crippen LogP contribution is -2.40. The van der Waals surface area contributed by atoms with E-state index in [0.717, 1.165) is 19.0 Å². The second kappa shape index (κ2) is 6.91. The molecular formula is C16H26N2. The van der Waals surface area contributed by atoms with Gasteiger partial charge in [-0.2, -0.15) is 0 Å². The minimum Gasteiger partial charge on any atom is -0.315 e. The highest BCUT2D eigenvalue weighted by molar-refractivity contribution is 5.19. The van der Waals surface area contributed by atoms with E-state index in [1.807, 2.05) is 0 Å². The first-order valence-electron chi connectivity index (χ1n) is 7.31. The first kappa shape index (κ1) is 13.6. The van der Waals surface area contributed by atoms with Crippen LogP contribution in [-0.4, -0.2) is 31.1 Å². The highest BCUT2D eigenvalue weighted by Crippen LogP contribution is 2.26. The molecule has 18 heavy (non-hydrogen) atoms. The maximum atomic E-state index is 3.51. The lowest BCUT2D eigenvalue weighted by atomic mass is 9.95. The van der Waals surface area contributed by atoms with E-state index < -0.39 is 0 Å². The van der Waals surface area contributed by atoms with Crippen LogP contribution in [0.3, 0.4) is 0 Å². The average Bonchev–Trinajstić information content (AvgIpc) is 2.42. The highest BCUT2D eigenvalue weighted by atomic mass is 15.2. The molecule has 100 valence electrons. The number of nitrogens with zero attached hydrogens (tertiary/aromatic N) is 1. The summed E-state index contributed by atoms with van der Waals surface area (Å²) >= 11 is 0. The summed E-state index contributed by atoms with van der Waals surface area (Å²) in [6, 6.07) is 11.5. The summed E-state index contributed by atoms with van der Waals surface area (Å²) in [6.07, 6.45) is 2.69. The predicted octanol–water partition coefficient (Wildman–Crippen LogP) is 3.07. The van der Waals surface area contributed by atoms with Gasteiger partial charge in [-0.15, -0.1) is 0 Å². The summed E-state index contributed by atoms with van der Waals surface area (Å²) in [7, 11) is 0. The van der Waals surface area contributed by atoms with Gasteiger partial charge in [0.1, 0.15) is 0 Å². The van der Waals surface area contributed by atoms with Gasteiger partial charge < -0.3 is 5.32 Å². The van der Waals surface area contributed by atoms with Crippen LogP contribution in [0.5, 0.6) is 0 Å². The molecule has 0 aliphatic carbocycles. The van der Waals surface area contributed by atoms with Gasteiger partial charge >= 0.3 is 0 Å². The van der Waals surface area contributed by atoms with Crippen LogP contribution in [0.15, 0.2) is 30.3 Å². The van der Waals surface area contributed by atoms with Crippen LogP contribution in [-0.2, 0) is 0 Å². The molecule has 1 aliphatic rings. The van der Waals surface area contributed by atoms with E-state index in [2.05, 4.69) is 54.4 Å². The molecule has 0 amide bonds. The highest BCUT2D eigenvalue weighted by Gasteiger charge is 2.23. The molecule has 1 heterocycles. The third-order valence-electron chi connectivity index (χ3n) is 4.03. The second-order valence-electron chi connectivity index (χ2n) is 5.45. The van der Waals surface area contributed by atoms with Crippen LogP contribution in [0, 0.1) is 5.92 Å². The van der Waals surface area contributed by atoms with Gasteiger partial charge in [-0.1, -0.05) is 44.2 Å². The van der Waals surface area contributed by atoms with Gasteiger partial charge in [-0.25, -0.2) is 0 Å². The monoisotopic (exact) mass is 246 g/mol. The van der Waals surface area contributed by atoms with Gasteiger partial charge in [0, 0.05) is 12.6 Å². The molecule has 1 aliphatic heterocycles. The van der Waals surface area contributed by atoms with E-state index in [-0.39, 0.29) is 0 Å². The van der Waals surface area contributed by atoms with Crippen molar-refractivity contribution in [3.63, 3.8) is 0 Å². The Morgan fingerprint density at radius 1 is 1.22 bits per heavy atom. The van der Waals surface area contributed by atoms with E-state index in [1.165, 1.54) is 31.5 Å². The molecule has 0 spiro atoms. The first-order valence-corrected chi connectivity index (χ1v) is 7.31. The topological polar surface area (TPSA) is 15.3 Å². The van der Waals surface area contributed by atoms with Crippen molar-refractivity contribution in [2.75, 3.05) is 26.2 Å². The number of likely N-dealkylation sites (N-methyl/N-ethyl adjacent to an activating group) is 1. The Labute approximate surface area is 111 Å². The van der Waals surface area contributed by atoms with Crippen molar-refractivity contribution in [1.82, 2.24) is 10.2 Å². The summed E-state index contributed by atoms with van der Waals surface area (Å²) in [5.74, 6) is 0.900. The van der Waals surface area contributed by atoms with Crippen LogP contribution < -0.4 is 5.32 Å². The zero-order chi connectivity index (χ0) is 12.8. The number of piperidine rings is 1. The Hall–Kier alpha value is -0.860. The molecule has 0 saturated carbocycles. The Bertz CT molecular complexity index is 328. The van der Waals surface area contributed by atoms with Gasteiger partial charge in [0.2, 0.25) is 0 Å². The third kappa shape index (κ3) is 3.56. The molecule has 0 radical (unpaired) electrons. The summed E-state index contributed by atoms with van der Waals surface area (Å²) in [4.78, 5) is 2.65. The van der Waals surface area contributed by atoms with Crippen LogP contribution in [0.4, 0.5) is 0 Å². The largest absolute Gasteiger partial charge is 0.315 e.